The van der Waals surface area contributed by atoms with Gasteiger partial charge in [0.25, 0.3) is 5.91 Å². The summed E-state index contributed by atoms with van der Waals surface area (Å²) in [5.74, 6) is 1.34. The molecule has 0 bridgehead atoms. The van der Waals surface area contributed by atoms with Crippen molar-refractivity contribution < 1.29 is 14.3 Å². The van der Waals surface area contributed by atoms with Gasteiger partial charge in [0.05, 0.1) is 6.04 Å². The third-order valence-electron chi connectivity index (χ3n) is 4.74. The number of carbonyl (C=O) groups excluding carboxylic acids is 2. The van der Waals surface area contributed by atoms with Gasteiger partial charge in [0.1, 0.15) is 11.6 Å². The number of aromatic nitrogens is 2. The quantitative estimate of drug-likeness (QED) is 0.850. The molecule has 2 aromatic rings. The van der Waals surface area contributed by atoms with Gasteiger partial charge in [0.15, 0.2) is 6.61 Å². The number of carbonyl (C=O) groups is 2. The number of benzene rings is 1. The maximum Gasteiger partial charge on any atom is 0.257 e. The van der Waals surface area contributed by atoms with E-state index >= 15 is 0 Å². The van der Waals surface area contributed by atoms with E-state index < -0.39 is 0 Å². The van der Waals surface area contributed by atoms with Crippen LogP contribution in [0, 0.1) is 12.8 Å². The normalized spacial score (nSPS) is 19.7. The second-order valence-corrected chi connectivity index (χ2v) is 6.72. The molecule has 0 unspecified atom stereocenters. The lowest BCUT2D eigenvalue weighted by molar-refractivity contribution is -0.128. The number of nitrogens with zero attached hydrogens (tertiary/aromatic N) is 3. The summed E-state index contributed by atoms with van der Waals surface area (Å²) >= 11 is 0. The molecule has 7 nitrogen and oxygen atoms in total. The monoisotopic (exact) mass is 356 g/mol. The van der Waals surface area contributed by atoms with E-state index in [0.717, 1.165) is 11.4 Å². The molecule has 1 aromatic carbocycles. The zero-order valence-electron chi connectivity index (χ0n) is 15.3. The molecule has 1 aromatic heterocycles. The Hall–Kier alpha value is -2.83. The molecule has 0 radical (unpaired) electrons. The van der Waals surface area contributed by atoms with E-state index in [1.165, 1.54) is 0 Å². The van der Waals surface area contributed by atoms with E-state index in [2.05, 4.69) is 10.3 Å². The molecular weight excluding hydrogens is 332 g/mol. The molecule has 1 saturated heterocycles. The van der Waals surface area contributed by atoms with Crippen LogP contribution in [0.15, 0.2) is 36.7 Å². The summed E-state index contributed by atoms with van der Waals surface area (Å²) < 4.78 is 7.43. The van der Waals surface area contributed by atoms with Crippen LogP contribution >= 0.6 is 0 Å². The van der Waals surface area contributed by atoms with Gasteiger partial charge in [-0.15, -0.1) is 0 Å². The zero-order valence-corrected chi connectivity index (χ0v) is 15.3. The van der Waals surface area contributed by atoms with E-state index in [9.17, 15) is 9.59 Å². The highest BCUT2D eigenvalue weighted by atomic mass is 16.5. The van der Waals surface area contributed by atoms with Crippen molar-refractivity contribution in [3.8, 4) is 5.75 Å². The molecule has 1 aliphatic rings. The fourth-order valence-electron chi connectivity index (χ4n) is 3.33. The van der Waals surface area contributed by atoms with E-state index in [-0.39, 0.29) is 30.4 Å². The fourth-order valence-corrected chi connectivity index (χ4v) is 3.33. The average molecular weight is 356 g/mol. The van der Waals surface area contributed by atoms with Crippen LogP contribution in [-0.4, -0.2) is 46.5 Å². The third-order valence-corrected chi connectivity index (χ3v) is 4.74. The molecule has 2 heterocycles. The Balaban J connectivity index is 1.56. The Morgan fingerprint density at radius 1 is 1.38 bits per heavy atom. The second-order valence-electron chi connectivity index (χ2n) is 6.72. The lowest BCUT2D eigenvalue weighted by Crippen LogP contribution is -2.35. The summed E-state index contributed by atoms with van der Waals surface area (Å²) in [5, 5.41) is 2.88. The Morgan fingerprint density at radius 3 is 2.88 bits per heavy atom. The minimum absolute atomic E-state index is 0.0171. The summed E-state index contributed by atoms with van der Waals surface area (Å²) in [5.41, 5.74) is 1.08. The minimum atomic E-state index is -0.202. The van der Waals surface area contributed by atoms with Gasteiger partial charge in [-0.25, -0.2) is 4.98 Å². The molecule has 26 heavy (non-hydrogen) atoms. The standard InChI is InChI=1S/C19H24N4O3/c1-13-5-4-6-15(9-13)26-12-16(24)21-11-14-10-17(25)23(3)18(14)19-20-7-8-22(19)2/h4-9,14,18H,10-12H2,1-3H3,(H,21,24)/t14-,18+/m0/s1. The molecule has 2 amide bonds. The zero-order chi connectivity index (χ0) is 18.7. The summed E-state index contributed by atoms with van der Waals surface area (Å²) in [7, 11) is 3.69. The van der Waals surface area contributed by atoms with Crippen LogP contribution in [0.3, 0.4) is 0 Å². The van der Waals surface area contributed by atoms with Crippen LogP contribution in [0.1, 0.15) is 23.9 Å². The summed E-state index contributed by atoms with van der Waals surface area (Å²) in [6.07, 6.45) is 3.97. The molecule has 1 N–H and O–H groups in total. The Bertz CT molecular complexity index is 802. The third kappa shape index (κ3) is 3.87. The van der Waals surface area contributed by atoms with Crippen molar-refractivity contribution in [1.29, 1.82) is 0 Å². The number of aryl methyl sites for hydroxylation is 2. The number of likely N-dealkylation sites (tertiary alicyclic amines) is 1. The van der Waals surface area contributed by atoms with E-state index in [1.807, 2.05) is 49.0 Å². The molecule has 0 spiro atoms. The van der Waals surface area contributed by atoms with Gasteiger partial charge in [0.2, 0.25) is 5.91 Å². The van der Waals surface area contributed by atoms with Gasteiger partial charge < -0.3 is 19.5 Å². The number of imidazole rings is 1. The lowest BCUT2D eigenvalue weighted by Gasteiger charge is -2.24. The number of amides is 2. The van der Waals surface area contributed by atoms with Crippen molar-refractivity contribution >= 4 is 11.8 Å². The van der Waals surface area contributed by atoms with Gasteiger partial charge in [-0.2, -0.15) is 0 Å². The highest BCUT2D eigenvalue weighted by molar-refractivity contribution is 5.80. The van der Waals surface area contributed by atoms with Crippen molar-refractivity contribution in [3.05, 3.63) is 48.0 Å². The molecular formula is C19H24N4O3. The molecule has 3 rings (SSSR count). The summed E-state index contributed by atoms with van der Waals surface area (Å²) in [4.78, 5) is 30.4. The number of nitrogens with one attached hydrogen (secondary N) is 1. The van der Waals surface area contributed by atoms with Crippen LogP contribution in [-0.2, 0) is 16.6 Å². The summed E-state index contributed by atoms with van der Waals surface area (Å²) in [6.45, 7) is 2.33. The van der Waals surface area contributed by atoms with Crippen molar-refractivity contribution in [2.45, 2.75) is 19.4 Å². The first-order valence-electron chi connectivity index (χ1n) is 8.64. The van der Waals surface area contributed by atoms with Crippen LogP contribution in [0.4, 0.5) is 0 Å². The number of hydrogen-bond donors (Lipinski definition) is 1. The Kier molecular flexibility index (Phi) is 5.25. The molecule has 1 aliphatic heterocycles. The maximum absolute atomic E-state index is 12.1. The van der Waals surface area contributed by atoms with Crippen molar-refractivity contribution in [1.82, 2.24) is 19.8 Å². The fraction of sp³-hybridized carbons (Fsp3) is 0.421. The highest BCUT2D eigenvalue weighted by Gasteiger charge is 2.40. The minimum Gasteiger partial charge on any atom is -0.484 e. The average Bonchev–Trinajstić information content (AvgIpc) is 3.14. The molecule has 138 valence electrons. The van der Waals surface area contributed by atoms with E-state index in [0.29, 0.717) is 18.7 Å². The summed E-state index contributed by atoms with van der Waals surface area (Å²) in [6, 6.07) is 7.43. The smallest absolute Gasteiger partial charge is 0.257 e. The molecule has 0 aliphatic carbocycles. The topological polar surface area (TPSA) is 76.5 Å². The van der Waals surface area contributed by atoms with Crippen LogP contribution in [0.25, 0.3) is 0 Å². The SMILES string of the molecule is Cc1cccc(OCC(=O)NC[C@@H]2CC(=O)N(C)[C@H]2c2nccn2C)c1. The predicted molar refractivity (Wildman–Crippen MR) is 96.5 cm³/mol. The number of rotatable bonds is 6. The molecule has 7 heteroatoms. The number of hydrogen-bond acceptors (Lipinski definition) is 4. The predicted octanol–water partition coefficient (Wildman–Crippen LogP) is 1.44. The van der Waals surface area contributed by atoms with Gasteiger partial charge >= 0.3 is 0 Å². The largest absolute Gasteiger partial charge is 0.484 e. The number of ether oxygens (including phenoxy) is 1. The molecule has 1 fully saturated rings. The van der Waals surface area contributed by atoms with Gasteiger partial charge in [0, 0.05) is 45.4 Å². The first-order chi connectivity index (χ1) is 12.5. The highest BCUT2D eigenvalue weighted by Crippen LogP contribution is 2.35. The first kappa shape index (κ1) is 18.0. The van der Waals surface area contributed by atoms with Crippen molar-refractivity contribution in [2.75, 3.05) is 20.2 Å². The van der Waals surface area contributed by atoms with Gasteiger partial charge in [-0.1, -0.05) is 12.1 Å². The van der Waals surface area contributed by atoms with Gasteiger partial charge in [-0.05, 0) is 24.6 Å². The first-order valence-corrected chi connectivity index (χ1v) is 8.64. The second kappa shape index (κ2) is 7.59. The Morgan fingerprint density at radius 2 is 2.19 bits per heavy atom. The van der Waals surface area contributed by atoms with Crippen LogP contribution in [0.2, 0.25) is 0 Å². The van der Waals surface area contributed by atoms with Crippen molar-refractivity contribution in [2.24, 2.45) is 13.0 Å². The van der Waals surface area contributed by atoms with Crippen molar-refractivity contribution in [3.63, 3.8) is 0 Å². The van der Waals surface area contributed by atoms with Crippen LogP contribution < -0.4 is 10.1 Å². The maximum atomic E-state index is 12.1. The molecule has 0 saturated carbocycles. The van der Waals surface area contributed by atoms with Crippen LogP contribution in [0.5, 0.6) is 5.75 Å². The molecule has 2 atom stereocenters. The Labute approximate surface area is 153 Å². The van der Waals surface area contributed by atoms with E-state index in [1.54, 1.807) is 18.1 Å². The lowest BCUT2D eigenvalue weighted by atomic mass is 9.99. The van der Waals surface area contributed by atoms with E-state index in [4.69, 9.17) is 4.74 Å². The van der Waals surface area contributed by atoms with Gasteiger partial charge in [-0.3, -0.25) is 9.59 Å².